The number of ether oxygens (including phenoxy) is 1. The summed E-state index contributed by atoms with van der Waals surface area (Å²) < 4.78 is 5.36. The van der Waals surface area contributed by atoms with Crippen LogP contribution in [0.25, 0.3) is 0 Å². The van der Waals surface area contributed by atoms with Crippen molar-refractivity contribution in [3.8, 4) is 0 Å². The fourth-order valence-corrected chi connectivity index (χ4v) is 2.83. The summed E-state index contributed by atoms with van der Waals surface area (Å²) in [6, 6.07) is 0. The molecule has 0 aromatic rings. The molecule has 0 bridgehead atoms. The monoisotopic (exact) mass is 257 g/mol. The molecule has 18 heavy (non-hydrogen) atoms. The smallest absolute Gasteiger partial charge is 0.0594 e. The predicted octanol–water partition coefficient (Wildman–Crippen LogP) is 2.53. The summed E-state index contributed by atoms with van der Waals surface area (Å²) in [7, 11) is 0. The van der Waals surface area contributed by atoms with Crippen LogP contribution in [0.5, 0.6) is 0 Å². The molecule has 0 unspecified atom stereocenters. The fourth-order valence-electron chi connectivity index (χ4n) is 2.83. The highest BCUT2D eigenvalue weighted by molar-refractivity contribution is 4.71. The van der Waals surface area contributed by atoms with Gasteiger partial charge in [0.25, 0.3) is 0 Å². The maximum absolute atomic E-state index is 9.15. The molecule has 1 heterocycles. The van der Waals surface area contributed by atoms with Gasteiger partial charge >= 0.3 is 0 Å². The summed E-state index contributed by atoms with van der Waals surface area (Å²) in [6.07, 6.45) is 4.67. The van der Waals surface area contributed by atoms with E-state index in [9.17, 15) is 0 Å². The van der Waals surface area contributed by atoms with Gasteiger partial charge in [0.15, 0.2) is 0 Å². The number of aliphatic hydroxyl groups excluding tert-OH is 1. The lowest BCUT2D eigenvalue weighted by atomic mass is 9.81. The third kappa shape index (κ3) is 7.34. The van der Waals surface area contributed by atoms with Crippen LogP contribution < -0.4 is 0 Å². The molecule has 0 amide bonds. The largest absolute Gasteiger partial charge is 0.396 e. The molecule has 3 nitrogen and oxygen atoms in total. The lowest BCUT2D eigenvalue weighted by Crippen LogP contribution is -2.37. The molecule has 1 rings (SSSR count). The molecule has 1 N–H and O–H groups in total. The van der Waals surface area contributed by atoms with Crippen molar-refractivity contribution in [1.29, 1.82) is 0 Å². The molecule has 0 radical (unpaired) electrons. The highest BCUT2D eigenvalue weighted by atomic mass is 16.5. The van der Waals surface area contributed by atoms with E-state index < -0.39 is 0 Å². The van der Waals surface area contributed by atoms with Crippen LogP contribution in [0.15, 0.2) is 0 Å². The summed E-state index contributed by atoms with van der Waals surface area (Å²) in [6.45, 7) is 12.4. The second-order valence-electron chi connectivity index (χ2n) is 6.74. The number of hydrogen-bond acceptors (Lipinski definition) is 3. The van der Waals surface area contributed by atoms with E-state index in [1.54, 1.807) is 0 Å². The molecule has 1 atom stereocenters. The first-order valence-corrected chi connectivity index (χ1v) is 7.42. The first-order valence-electron chi connectivity index (χ1n) is 7.42. The third-order valence-corrected chi connectivity index (χ3v) is 3.63. The normalized spacial score (nSPS) is 20.0. The van der Waals surface area contributed by atoms with Gasteiger partial charge < -0.3 is 9.84 Å². The first kappa shape index (κ1) is 15.9. The topological polar surface area (TPSA) is 32.7 Å². The van der Waals surface area contributed by atoms with Crippen molar-refractivity contribution in [3.63, 3.8) is 0 Å². The molecular formula is C15H31NO2. The van der Waals surface area contributed by atoms with Gasteiger partial charge in [0.05, 0.1) is 13.2 Å². The van der Waals surface area contributed by atoms with Crippen molar-refractivity contribution in [2.24, 2.45) is 11.3 Å². The van der Waals surface area contributed by atoms with Gasteiger partial charge in [0.1, 0.15) is 0 Å². The van der Waals surface area contributed by atoms with Crippen LogP contribution in [0, 0.1) is 11.3 Å². The highest BCUT2D eigenvalue weighted by Crippen LogP contribution is 2.29. The molecule has 0 aromatic carbocycles. The van der Waals surface area contributed by atoms with Crippen LogP contribution in [0.4, 0.5) is 0 Å². The van der Waals surface area contributed by atoms with E-state index in [2.05, 4.69) is 25.7 Å². The van der Waals surface area contributed by atoms with Crippen LogP contribution in [0.1, 0.15) is 46.5 Å². The number of morpholine rings is 1. The third-order valence-electron chi connectivity index (χ3n) is 3.63. The lowest BCUT2D eigenvalue weighted by molar-refractivity contribution is 0.0362. The van der Waals surface area contributed by atoms with Gasteiger partial charge in [-0.1, -0.05) is 20.8 Å². The molecule has 1 saturated heterocycles. The molecule has 108 valence electrons. The zero-order valence-electron chi connectivity index (χ0n) is 12.5. The van der Waals surface area contributed by atoms with E-state index in [1.807, 2.05) is 0 Å². The van der Waals surface area contributed by atoms with Crippen LogP contribution in [0.3, 0.4) is 0 Å². The minimum atomic E-state index is 0.332. The van der Waals surface area contributed by atoms with Gasteiger partial charge in [-0.2, -0.15) is 0 Å². The zero-order valence-corrected chi connectivity index (χ0v) is 12.5. The Bertz CT molecular complexity index is 207. The van der Waals surface area contributed by atoms with Crippen molar-refractivity contribution in [2.75, 3.05) is 39.5 Å². The summed E-state index contributed by atoms with van der Waals surface area (Å²) in [4.78, 5) is 2.50. The van der Waals surface area contributed by atoms with Gasteiger partial charge in [-0.25, -0.2) is 0 Å². The average molecular weight is 257 g/mol. The van der Waals surface area contributed by atoms with Crippen molar-refractivity contribution >= 4 is 0 Å². The molecular weight excluding hydrogens is 226 g/mol. The SMILES string of the molecule is CC(C)(C)C[C@H](CCO)CCCN1CCOCC1. The van der Waals surface area contributed by atoms with E-state index >= 15 is 0 Å². The quantitative estimate of drug-likeness (QED) is 0.761. The molecule has 1 aliphatic heterocycles. The minimum absolute atomic E-state index is 0.332. The van der Waals surface area contributed by atoms with Crippen molar-refractivity contribution in [2.45, 2.75) is 46.5 Å². The Balaban J connectivity index is 2.19. The maximum Gasteiger partial charge on any atom is 0.0594 e. The summed E-state index contributed by atoms with van der Waals surface area (Å²) in [5.41, 5.74) is 0.374. The van der Waals surface area contributed by atoms with Crippen LogP contribution in [-0.2, 0) is 4.74 Å². The van der Waals surface area contributed by atoms with Crippen LogP contribution in [0.2, 0.25) is 0 Å². The molecule has 1 aliphatic rings. The average Bonchev–Trinajstić information content (AvgIpc) is 2.28. The van der Waals surface area contributed by atoms with Gasteiger partial charge in [0, 0.05) is 19.7 Å². The molecule has 0 aliphatic carbocycles. The number of nitrogens with zero attached hydrogens (tertiary/aromatic N) is 1. The van der Waals surface area contributed by atoms with Gasteiger partial charge in [0.2, 0.25) is 0 Å². The predicted molar refractivity (Wildman–Crippen MR) is 75.8 cm³/mol. The maximum atomic E-state index is 9.15. The van der Waals surface area contributed by atoms with Gasteiger partial charge in [-0.05, 0) is 43.6 Å². The molecule has 0 saturated carbocycles. The van der Waals surface area contributed by atoms with Crippen LogP contribution in [-0.4, -0.2) is 49.5 Å². The summed E-state index contributed by atoms with van der Waals surface area (Å²) >= 11 is 0. The van der Waals surface area contributed by atoms with Crippen molar-refractivity contribution in [1.82, 2.24) is 4.90 Å². The lowest BCUT2D eigenvalue weighted by Gasteiger charge is -2.29. The molecule has 0 spiro atoms. The van der Waals surface area contributed by atoms with Crippen molar-refractivity contribution in [3.05, 3.63) is 0 Å². The summed E-state index contributed by atoms with van der Waals surface area (Å²) in [5.74, 6) is 0.677. The van der Waals surface area contributed by atoms with E-state index in [4.69, 9.17) is 9.84 Å². The Morgan fingerprint density at radius 3 is 2.39 bits per heavy atom. The van der Waals surface area contributed by atoms with E-state index in [-0.39, 0.29) is 0 Å². The first-order chi connectivity index (χ1) is 8.51. The Morgan fingerprint density at radius 2 is 1.83 bits per heavy atom. The van der Waals surface area contributed by atoms with E-state index in [1.165, 1.54) is 25.8 Å². The zero-order chi connectivity index (χ0) is 13.4. The minimum Gasteiger partial charge on any atom is -0.396 e. The Morgan fingerprint density at radius 1 is 1.17 bits per heavy atom. The highest BCUT2D eigenvalue weighted by Gasteiger charge is 2.18. The molecule has 1 fully saturated rings. The Labute approximate surface area is 113 Å². The Hall–Kier alpha value is -0.120. The summed E-state index contributed by atoms with van der Waals surface area (Å²) in [5, 5.41) is 9.15. The molecule has 0 aromatic heterocycles. The van der Waals surface area contributed by atoms with Gasteiger partial charge in [-0.15, -0.1) is 0 Å². The number of aliphatic hydroxyl groups is 1. The fraction of sp³-hybridized carbons (Fsp3) is 1.00. The van der Waals surface area contributed by atoms with E-state index in [0.29, 0.717) is 17.9 Å². The van der Waals surface area contributed by atoms with Crippen molar-refractivity contribution < 1.29 is 9.84 Å². The molecule has 3 heteroatoms. The van der Waals surface area contributed by atoms with Crippen LogP contribution >= 0.6 is 0 Å². The number of hydrogen-bond donors (Lipinski definition) is 1. The van der Waals surface area contributed by atoms with E-state index in [0.717, 1.165) is 32.7 Å². The second-order valence-corrected chi connectivity index (χ2v) is 6.74. The second kappa shape index (κ2) is 8.13. The van der Waals surface area contributed by atoms with Gasteiger partial charge in [-0.3, -0.25) is 4.90 Å². The number of rotatable bonds is 7. The standard InChI is InChI=1S/C15H31NO2/c1-15(2,3)13-14(6-10-17)5-4-7-16-8-11-18-12-9-16/h14,17H,4-13H2,1-3H3/t14-/m0/s1. The Kier molecular flexibility index (Phi) is 7.20.